The van der Waals surface area contributed by atoms with E-state index < -0.39 is 19.3 Å². The topological polar surface area (TPSA) is 52.6 Å². The van der Waals surface area contributed by atoms with Gasteiger partial charge in [-0.15, -0.1) is 0 Å². The van der Waals surface area contributed by atoms with Crippen LogP contribution in [0.3, 0.4) is 0 Å². The number of sulfone groups is 1. The Morgan fingerprint density at radius 2 is 1.04 bits per heavy atom. The number of methoxy groups -OCH3 is 2. The Kier molecular flexibility index (Phi) is 4.31. The Hall–Kier alpha value is -2.01. The highest BCUT2D eigenvalue weighted by atomic mass is 32.2. The Morgan fingerprint density at radius 3 is 1.28 bits per heavy atom. The monoisotopic (exact) mass is 360 g/mol. The van der Waals surface area contributed by atoms with Crippen LogP contribution >= 0.6 is 0 Å². The first-order valence-electron chi connectivity index (χ1n) is 8.48. The van der Waals surface area contributed by atoms with Crippen LogP contribution in [-0.2, 0) is 19.3 Å². The summed E-state index contributed by atoms with van der Waals surface area (Å²) >= 11 is 0. The SMILES string of the molecule is CC[C@]1(c2ccc(OC)cc2)[C@@](CC)(c2ccc(OC)cc2)S1(=O)=O. The molecule has 1 aliphatic rings. The highest BCUT2D eigenvalue weighted by Gasteiger charge is 2.82. The van der Waals surface area contributed by atoms with Crippen molar-refractivity contribution in [3.05, 3.63) is 59.7 Å². The maximum Gasteiger partial charge on any atom is 0.173 e. The van der Waals surface area contributed by atoms with E-state index in [-0.39, 0.29) is 0 Å². The number of hydrogen-bond donors (Lipinski definition) is 0. The number of hydrogen-bond acceptors (Lipinski definition) is 4. The predicted molar refractivity (Wildman–Crippen MR) is 98.8 cm³/mol. The zero-order chi connectivity index (χ0) is 18.3. The lowest BCUT2D eigenvalue weighted by atomic mass is 9.78. The van der Waals surface area contributed by atoms with Crippen molar-refractivity contribution in [2.75, 3.05) is 14.2 Å². The number of ether oxygens (including phenoxy) is 2. The minimum absolute atomic E-state index is 0.529. The van der Waals surface area contributed by atoms with E-state index in [2.05, 4.69) is 0 Å². The smallest absolute Gasteiger partial charge is 0.173 e. The van der Waals surface area contributed by atoms with Gasteiger partial charge in [0.25, 0.3) is 0 Å². The first-order chi connectivity index (χ1) is 11.9. The van der Waals surface area contributed by atoms with Crippen molar-refractivity contribution in [3.63, 3.8) is 0 Å². The lowest BCUT2D eigenvalue weighted by Gasteiger charge is -2.20. The van der Waals surface area contributed by atoms with Crippen LogP contribution in [0.4, 0.5) is 0 Å². The highest BCUT2D eigenvalue weighted by Crippen LogP contribution is 2.72. The van der Waals surface area contributed by atoms with Gasteiger partial charge in [0.2, 0.25) is 0 Å². The van der Waals surface area contributed by atoms with Gasteiger partial charge in [-0.05, 0) is 48.2 Å². The van der Waals surface area contributed by atoms with Crippen molar-refractivity contribution in [3.8, 4) is 11.5 Å². The van der Waals surface area contributed by atoms with Gasteiger partial charge < -0.3 is 9.47 Å². The molecule has 0 unspecified atom stereocenters. The maximum absolute atomic E-state index is 13.4. The van der Waals surface area contributed by atoms with Gasteiger partial charge in [-0.2, -0.15) is 0 Å². The molecule has 0 bridgehead atoms. The molecule has 0 amide bonds. The molecule has 0 radical (unpaired) electrons. The molecule has 1 aliphatic heterocycles. The van der Waals surface area contributed by atoms with E-state index in [9.17, 15) is 8.42 Å². The largest absolute Gasteiger partial charge is 0.497 e. The van der Waals surface area contributed by atoms with Crippen LogP contribution in [0, 0.1) is 0 Å². The van der Waals surface area contributed by atoms with Crippen LogP contribution in [0.2, 0.25) is 0 Å². The third-order valence-corrected chi connectivity index (χ3v) is 9.01. The summed E-state index contributed by atoms with van der Waals surface area (Å²) in [5, 5.41) is 0. The zero-order valence-corrected chi connectivity index (χ0v) is 15.9. The molecule has 0 aliphatic carbocycles. The molecular weight excluding hydrogens is 336 g/mol. The first kappa shape index (κ1) is 17.8. The van der Waals surface area contributed by atoms with Crippen LogP contribution in [0.15, 0.2) is 48.5 Å². The standard InChI is InChI=1S/C20H24O4S/c1-5-19(15-7-11-17(23-3)12-8-15)20(6-2,25(19,21)22)16-9-13-18(24-4)14-10-16/h7-14H,5-6H2,1-4H3/t19-,20+. The molecule has 0 spiro atoms. The third kappa shape index (κ3) is 2.08. The molecule has 4 nitrogen and oxygen atoms in total. The van der Waals surface area contributed by atoms with E-state index >= 15 is 0 Å². The molecule has 0 saturated carbocycles. The van der Waals surface area contributed by atoms with Gasteiger partial charge in [0.15, 0.2) is 9.84 Å². The van der Waals surface area contributed by atoms with Crippen LogP contribution in [0.25, 0.3) is 0 Å². The summed E-state index contributed by atoms with van der Waals surface area (Å²) in [6.45, 7) is 3.89. The quantitative estimate of drug-likeness (QED) is 0.730. The summed E-state index contributed by atoms with van der Waals surface area (Å²) in [4.78, 5) is 0. The maximum atomic E-state index is 13.4. The summed E-state index contributed by atoms with van der Waals surface area (Å²) in [5.41, 5.74) is 1.65. The minimum atomic E-state index is -3.35. The van der Waals surface area contributed by atoms with E-state index in [4.69, 9.17) is 9.47 Å². The van der Waals surface area contributed by atoms with Crippen LogP contribution in [0.5, 0.6) is 11.5 Å². The summed E-state index contributed by atoms with van der Waals surface area (Å²) in [5.74, 6) is 1.44. The Bertz CT molecular complexity index is 788. The van der Waals surface area contributed by atoms with E-state index in [1.54, 1.807) is 14.2 Å². The lowest BCUT2D eigenvalue weighted by molar-refractivity contribution is 0.413. The second-order valence-electron chi connectivity index (χ2n) is 6.32. The first-order valence-corrected chi connectivity index (χ1v) is 9.96. The van der Waals surface area contributed by atoms with Gasteiger partial charge in [-0.1, -0.05) is 38.1 Å². The Morgan fingerprint density at radius 1 is 0.720 bits per heavy atom. The van der Waals surface area contributed by atoms with Crippen molar-refractivity contribution >= 4 is 9.84 Å². The molecule has 1 heterocycles. The van der Waals surface area contributed by atoms with Crippen molar-refractivity contribution in [2.24, 2.45) is 0 Å². The second-order valence-corrected chi connectivity index (χ2v) is 8.72. The summed E-state index contributed by atoms with van der Waals surface area (Å²) in [6, 6.07) is 14.8. The fraction of sp³-hybridized carbons (Fsp3) is 0.400. The number of benzene rings is 2. The molecule has 0 aromatic heterocycles. The molecule has 1 saturated heterocycles. The molecule has 0 N–H and O–H groups in total. The third-order valence-electron chi connectivity index (χ3n) is 5.64. The molecule has 2 aromatic carbocycles. The second kappa shape index (κ2) is 6.06. The summed E-state index contributed by atoms with van der Waals surface area (Å²) in [6.07, 6.45) is 1.06. The normalized spacial score (nSPS) is 26.9. The van der Waals surface area contributed by atoms with E-state index in [1.807, 2.05) is 62.4 Å². The summed E-state index contributed by atoms with van der Waals surface area (Å²) in [7, 11) is -0.142. The zero-order valence-electron chi connectivity index (χ0n) is 15.1. The molecular formula is C20H24O4S. The van der Waals surface area contributed by atoms with Crippen molar-refractivity contribution in [1.82, 2.24) is 0 Å². The highest BCUT2D eigenvalue weighted by molar-refractivity contribution is 8.00. The average Bonchev–Trinajstić information content (AvgIpc) is 3.12. The van der Waals surface area contributed by atoms with Gasteiger partial charge in [-0.25, -0.2) is 8.42 Å². The van der Waals surface area contributed by atoms with Crippen molar-refractivity contribution in [2.45, 2.75) is 36.2 Å². The fourth-order valence-electron chi connectivity index (χ4n) is 4.36. The Balaban J connectivity index is 2.18. The van der Waals surface area contributed by atoms with E-state index in [0.29, 0.717) is 12.8 Å². The predicted octanol–water partition coefficient (Wildman–Crippen LogP) is 4.04. The van der Waals surface area contributed by atoms with Gasteiger partial charge in [0.1, 0.15) is 21.0 Å². The fourth-order valence-corrected chi connectivity index (χ4v) is 7.76. The van der Waals surface area contributed by atoms with Crippen LogP contribution < -0.4 is 9.47 Å². The molecule has 1 fully saturated rings. The lowest BCUT2D eigenvalue weighted by Crippen LogP contribution is -2.21. The molecule has 2 aromatic rings. The van der Waals surface area contributed by atoms with Crippen LogP contribution in [-0.4, -0.2) is 22.6 Å². The molecule has 25 heavy (non-hydrogen) atoms. The molecule has 5 heteroatoms. The molecule has 3 rings (SSSR count). The number of rotatable bonds is 6. The molecule has 2 atom stereocenters. The van der Waals surface area contributed by atoms with Gasteiger partial charge in [0.05, 0.1) is 14.2 Å². The minimum Gasteiger partial charge on any atom is -0.497 e. The van der Waals surface area contributed by atoms with Gasteiger partial charge >= 0.3 is 0 Å². The van der Waals surface area contributed by atoms with E-state index in [0.717, 1.165) is 22.6 Å². The molecule has 134 valence electrons. The Labute approximate surface area is 149 Å². The van der Waals surface area contributed by atoms with Gasteiger partial charge in [-0.3, -0.25) is 0 Å². The average molecular weight is 360 g/mol. The van der Waals surface area contributed by atoms with E-state index in [1.165, 1.54) is 0 Å². The van der Waals surface area contributed by atoms with Crippen molar-refractivity contribution < 1.29 is 17.9 Å². The van der Waals surface area contributed by atoms with Gasteiger partial charge in [0, 0.05) is 0 Å². The summed E-state index contributed by atoms with van der Waals surface area (Å²) < 4.78 is 35.4. The van der Waals surface area contributed by atoms with Crippen LogP contribution in [0.1, 0.15) is 37.8 Å². The van der Waals surface area contributed by atoms with Crippen molar-refractivity contribution in [1.29, 1.82) is 0 Å².